The van der Waals surface area contributed by atoms with Crippen LogP contribution in [0, 0.1) is 0 Å². The van der Waals surface area contributed by atoms with E-state index in [9.17, 15) is 9.59 Å². The third-order valence-corrected chi connectivity index (χ3v) is 5.15. The van der Waals surface area contributed by atoms with E-state index in [2.05, 4.69) is 10.6 Å². The summed E-state index contributed by atoms with van der Waals surface area (Å²) in [6.45, 7) is 2.09. The van der Waals surface area contributed by atoms with Gasteiger partial charge in [-0.05, 0) is 36.1 Å². The molecule has 0 aliphatic heterocycles. The molecule has 2 amide bonds. The maximum atomic E-state index is 12.8. The second-order valence-electron chi connectivity index (χ2n) is 7.44. The van der Waals surface area contributed by atoms with E-state index in [1.54, 1.807) is 31.2 Å². The first-order valence-corrected chi connectivity index (χ1v) is 10.5. The fourth-order valence-corrected chi connectivity index (χ4v) is 3.44. The molecule has 0 unspecified atom stereocenters. The van der Waals surface area contributed by atoms with Crippen molar-refractivity contribution in [3.8, 4) is 5.75 Å². The summed E-state index contributed by atoms with van der Waals surface area (Å²) in [5.41, 5.74) is 1.84. The average Bonchev–Trinajstić information content (AvgIpc) is 2.83. The van der Waals surface area contributed by atoms with Crippen molar-refractivity contribution in [3.05, 3.63) is 108 Å². The van der Waals surface area contributed by atoms with Crippen molar-refractivity contribution in [1.82, 2.24) is 5.32 Å². The summed E-state index contributed by atoms with van der Waals surface area (Å²) in [6.07, 6.45) is -0.749. The van der Waals surface area contributed by atoms with Gasteiger partial charge in [0.25, 0.3) is 11.8 Å². The van der Waals surface area contributed by atoms with Crippen LogP contribution in [0.4, 0.5) is 5.69 Å². The van der Waals surface area contributed by atoms with Crippen molar-refractivity contribution in [2.75, 3.05) is 5.32 Å². The summed E-state index contributed by atoms with van der Waals surface area (Å²) in [5, 5.41) is 7.71. The van der Waals surface area contributed by atoms with Crippen molar-refractivity contribution in [2.24, 2.45) is 0 Å². The lowest BCUT2D eigenvalue weighted by Gasteiger charge is -2.17. The first-order chi connectivity index (χ1) is 15.6. The van der Waals surface area contributed by atoms with Crippen LogP contribution in [-0.4, -0.2) is 17.9 Å². The van der Waals surface area contributed by atoms with E-state index in [0.717, 1.165) is 16.3 Å². The van der Waals surface area contributed by atoms with Crippen molar-refractivity contribution < 1.29 is 14.3 Å². The minimum Gasteiger partial charge on any atom is -0.480 e. The van der Waals surface area contributed by atoms with Gasteiger partial charge in [0.1, 0.15) is 5.75 Å². The van der Waals surface area contributed by atoms with Crippen molar-refractivity contribution in [2.45, 2.75) is 19.6 Å². The van der Waals surface area contributed by atoms with Crippen LogP contribution in [0.5, 0.6) is 5.75 Å². The average molecular weight is 425 g/mol. The van der Waals surface area contributed by atoms with Gasteiger partial charge in [-0.2, -0.15) is 0 Å². The van der Waals surface area contributed by atoms with Crippen LogP contribution in [0.25, 0.3) is 10.8 Å². The number of fused-ring (bicyclic) bond motifs is 1. The second-order valence-corrected chi connectivity index (χ2v) is 7.44. The Morgan fingerprint density at radius 3 is 2.34 bits per heavy atom. The summed E-state index contributed by atoms with van der Waals surface area (Å²) in [5.74, 6) is 0.0493. The highest BCUT2D eigenvalue weighted by Crippen LogP contribution is 2.26. The van der Waals surface area contributed by atoms with Gasteiger partial charge >= 0.3 is 0 Å². The largest absolute Gasteiger partial charge is 0.480 e. The molecule has 0 heterocycles. The number of ether oxygens (including phenoxy) is 1. The zero-order chi connectivity index (χ0) is 22.3. The monoisotopic (exact) mass is 424 g/mol. The molecule has 0 bridgehead atoms. The number of hydrogen-bond donors (Lipinski definition) is 2. The lowest BCUT2D eigenvalue weighted by molar-refractivity contribution is -0.122. The van der Waals surface area contributed by atoms with Crippen LogP contribution in [0.15, 0.2) is 97.1 Å². The Kier molecular flexibility index (Phi) is 6.46. The molecule has 0 saturated heterocycles. The maximum absolute atomic E-state index is 12.8. The smallest absolute Gasteiger partial charge is 0.265 e. The highest BCUT2D eigenvalue weighted by atomic mass is 16.5. The Labute approximate surface area is 187 Å². The zero-order valence-electron chi connectivity index (χ0n) is 17.7. The minimum atomic E-state index is -0.749. The molecule has 4 aromatic carbocycles. The Bertz CT molecular complexity index is 1230. The molecule has 32 heavy (non-hydrogen) atoms. The molecular weight excluding hydrogens is 400 g/mol. The molecule has 5 heteroatoms. The Morgan fingerprint density at radius 1 is 0.812 bits per heavy atom. The number of anilines is 1. The first kappa shape index (κ1) is 21.1. The van der Waals surface area contributed by atoms with Crippen LogP contribution in [0.2, 0.25) is 0 Å². The summed E-state index contributed by atoms with van der Waals surface area (Å²) >= 11 is 0. The van der Waals surface area contributed by atoms with Gasteiger partial charge in [-0.15, -0.1) is 0 Å². The fourth-order valence-electron chi connectivity index (χ4n) is 3.44. The van der Waals surface area contributed by atoms with Gasteiger partial charge < -0.3 is 15.4 Å². The van der Waals surface area contributed by atoms with E-state index >= 15 is 0 Å². The molecular formula is C27H24N2O3. The molecule has 0 saturated carbocycles. The molecule has 0 aliphatic rings. The molecule has 160 valence electrons. The van der Waals surface area contributed by atoms with E-state index < -0.39 is 6.10 Å². The van der Waals surface area contributed by atoms with E-state index in [1.807, 2.05) is 72.8 Å². The molecule has 4 aromatic rings. The lowest BCUT2D eigenvalue weighted by Crippen LogP contribution is -2.31. The van der Waals surface area contributed by atoms with Gasteiger partial charge in [-0.25, -0.2) is 0 Å². The van der Waals surface area contributed by atoms with Crippen molar-refractivity contribution >= 4 is 28.3 Å². The molecule has 0 aromatic heterocycles. The molecule has 5 nitrogen and oxygen atoms in total. The van der Waals surface area contributed by atoms with Gasteiger partial charge in [0, 0.05) is 11.9 Å². The topological polar surface area (TPSA) is 67.4 Å². The summed E-state index contributed by atoms with van der Waals surface area (Å²) in [7, 11) is 0. The second kappa shape index (κ2) is 9.79. The molecule has 1 atom stereocenters. The number of nitrogens with one attached hydrogen (secondary N) is 2. The number of hydrogen-bond acceptors (Lipinski definition) is 3. The summed E-state index contributed by atoms with van der Waals surface area (Å²) < 4.78 is 5.95. The molecule has 0 spiro atoms. The van der Waals surface area contributed by atoms with Crippen molar-refractivity contribution in [3.63, 3.8) is 0 Å². The number of carbonyl (C=O) groups excluding carboxylic acids is 2. The number of para-hydroxylation sites is 1. The lowest BCUT2D eigenvalue weighted by atomic mass is 10.1. The Balaban J connectivity index is 1.44. The minimum absolute atomic E-state index is 0.257. The third-order valence-electron chi connectivity index (χ3n) is 5.15. The van der Waals surface area contributed by atoms with Gasteiger partial charge in [0.2, 0.25) is 0 Å². The Morgan fingerprint density at radius 2 is 1.50 bits per heavy atom. The maximum Gasteiger partial charge on any atom is 0.265 e. The van der Waals surface area contributed by atoms with Crippen LogP contribution >= 0.6 is 0 Å². The first-order valence-electron chi connectivity index (χ1n) is 10.5. The number of carbonyl (C=O) groups is 2. The van der Waals surface area contributed by atoms with Crippen molar-refractivity contribution in [1.29, 1.82) is 0 Å². The Hall–Kier alpha value is -4.12. The van der Waals surface area contributed by atoms with E-state index in [1.165, 1.54) is 0 Å². The van der Waals surface area contributed by atoms with Gasteiger partial charge in [-0.3, -0.25) is 9.59 Å². The van der Waals surface area contributed by atoms with Gasteiger partial charge in [-0.1, -0.05) is 78.9 Å². The van der Waals surface area contributed by atoms with Crippen LogP contribution in [-0.2, 0) is 11.3 Å². The highest BCUT2D eigenvalue weighted by Gasteiger charge is 2.19. The fraction of sp³-hybridized carbons (Fsp3) is 0.111. The van der Waals surface area contributed by atoms with Gasteiger partial charge in [0.15, 0.2) is 6.10 Å². The van der Waals surface area contributed by atoms with E-state index in [-0.39, 0.29) is 11.8 Å². The quantitative estimate of drug-likeness (QED) is 0.430. The molecule has 4 rings (SSSR count). The highest BCUT2D eigenvalue weighted by molar-refractivity contribution is 6.04. The molecule has 2 N–H and O–H groups in total. The normalized spacial score (nSPS) is 11.5. The molecule has 0 fully saturated rings. The predicted molar refractivity (Wildman–Crippen MR) is 127 cm³/mol. The zero-order valence-corrected chi connectivity index (χ0v) is 17.7. The number of amides is 2. The SMILES string of the molecule is C[C@@H](Oc1cccc2ccccc12)C(=O)Nc1ccccc1C(=O)NCc1ccccc1. The number of rotatable bonds is 7. The standard InChI is InChI=1S/C27H24N2O3/c1-19(32-25-17-9-13-21-12-5-6-14-22(21)25)26(30)29-24-16-8-7-15-23(24)27(31)28-18-20-10-3-2-4-11-20/h2-17,19H,18H2,1H3,(H,28,31)(H,29,30)/t19-/m1/s1. The van der Waals surface area contributed by atoms with E-state index in [0.29, 0.717) is 23.5 Å². The molecule has 0 aliphatic carbocycles. The van der Waals surface area contributed by atoms with Crippen LogP contribution in [0.1, 0.15) is 22.8 Å². The predicted octanol–water partition coefficient (Wildman–Crippen LogP) is 5.18. The summed E-state index contributed by atoms with van der Waals surface area (Å²) in [6, 6.07) is 30.2. The van der Waals surface area contributed by atoms with Gasteiger partial charge in [0.05, 0.1) is 11.3 Å². The third kappa shape index (κ3) is 4.95. The van der Waals surface area contributed by atoms with Crippen LogP contribution in [0.3, 0.4) is 0 Å². The van der Waals surface area contributed by atoms with Crippen LogP contribution < -0.4 is 15.4 Å². The summed E-state index contributed by atoms with van der Waals surface area (Å²) in [4.78, 5) is 25.6. The van der Waals surface area contributed by atoms with E-state index in [4.69, 9.17) is 4.74 Å². The molecule has 0 radical (unpaired) electrons. The number of benzene rings is 4.